The molecule has 1 aliphatic rings. The van der Waals surface area contributed by atoms with Crippen molar-refractivity contribution >= 4 is 0 Å². The third-order valence-electron chi connectivity index (χ3n) is 5.20. The molecule has 26 heavy (non-hydrogen) atoms. The molecule has 1 heterocycles. The minimum absolute atomic E-state index is 0.0351. The van der Waals surface area contributed by atoms with Gasteiger partial charge in [0.15, 0.2) is 11.5 Å². The van der Waals surface area contributed by atoms with Crippen LogP contribution < -0.4 is 0 Å². The number of fused-ring (bicyclic) bond motifs is 1. The van der Waals surface area contributed by atoms with Gasteiger partial charge in [0.25, 0.3) is 0 Å². The van der Waals surface area contributed by atoms with Crippen molar-refractivity contribution in [3.05, 3.63) is 95.1 Å². The zero-order valence-electron chi connectivity index (χ0n) is 14.7. The van der Waals surface area contributed by atoms with Gasteiger partial charge in [0.1, 0.15) is 0 Å². The Morgan fingerprint density at radius 2 is 1.50 bits per heavy atom. The first-order chi connectivity index (χ1) is 12.7. The number of benzene rings is 3. The Morgan fingerprint density at radius 3 is 2.23 bits per heavy atom. The van der Waals surface area contributed by atoms with Gasteiger partial charge in [0.2, 0.25) is 0 Å². The van der Waals surface area contributed by atoms with Crippen molar-refractivity contribution in [2.75, 3.05) is 13.1 Å². The van der Waals surface area contributed by atoms with E-state index >= 15 is 0 Å². The summed E-state index contributed by atoms with van der Waals surface area (Å²) in [5, 5.41) is 20.0. The Labute approximate surface area is 154 Å². The minimum Gasteiger partial charge on any atom is -0.504 e. The first kappa shape index (κ1) is 16.7. The average molecular weight is 345 g/mol. The fourth-order valence-electron chi connectivity index (χ4n) is 3.86. The minimum atomic E-state index is -0.0406. The number of nitrogens with zero attached hydrogens (tertiary/aromatic N) is 1. The van der Waals surface area contributed by atoms with Gasteiger partial charge in [-0.05, 0) is 40.8 Å². The van der Waals surface area contributed by atoms with E-state index in [4.69, 9.17) is 0 Å². The molecule has 3 aromatic rings. The molecule has 0 fully saturated rings. The summed E-state index contributed by atoms with van der Waals surface area (Å²) in [5.74, 6) is 0.0946. The normalized spacial score (nSPS) is 17.5. The van der Waals surface area contributed by atoms with Crippen LogP contribution in [0.1, 0.15) is 28.2 Å². The highest BCUT2D eigenvalue weighted by atomic mass is 16.3. The average Bonchev–Trinajstić information content (AvgIpc) is 2.84. The van der Waals surface area contributed by atoms with Crippen molar-refractivity contribution in [1.29, 1.82) is 0 Å². The number of phenols is 2. The van der Waals surface area contributed by atoms with Crippen LogP contribution in [-0.4, -0.2) is 28.2 Å². The van der Waals surface area contributed by atoms with E-state index in [1.165, 1.54) is 11.1 Å². The summed E-state index contributed by atoms with van der Waals surface area (Å²) in [4.78, 5) is 2.46. The van der Waals surface area contributed by atoms with Crippen LogP contribution in [0.25, 0.3) is 0 Å². The molecular formula is C23H23NO2. The van der Waals surface area contributed by atoms with Crippen LogP contribution in [0.4, 0.5) is 0 Å². The van der Waals surface area contributed by atoms with Crippen LogP contribution in [0.5, 0.6) is 11.5 Å². The van der Waals surface area contributed by atoms with E-state index in [0.717, 1.165) is 37.2 Å². The summed E-state index contributed by atoms with van der Waals surface area (Å²) in [7, 11) is 0. The van der Waals surface area contributed by atoms with Crippen LogP contribution in [0.2, 0.25) is 0 Å². The van der Waals surface area contributed by atoms with Crippen LogP contribution >= 0.6 is 0 Å². The molecule has 0 bridgehead atoms. The van der Waals surface area contributed by atoms with Gasteiger partial charge in [-0.15, -0.1) is 0 Å². The summed E-state index contributed by atoms with van der Waals surface area (Å²) in [6.07, 6.45) is 0.860. The lowest BCUT2D eigenvalue weighted by molar-refractivity contribution is 0.268. The van der Waals surface area contributed by atoms with E-state index < -0.39 is 0 Å². The van der Waals surface area contributed by atoms with Crippen LogP contribution in [0, 0.1) is 0 Å². The molecule has 0 saturated carbocycles. The number of aromatic hydroxyl groups is 2. The topological polar surface area (TPSA) is 43.7 Å². The Hall–Kier alpha value is -2.78. The first-order valence-electron chi connectivity index (χ1n) is 9.06. The first-order valence-corrected chi connectivity index (χ1v) is 9.06. The van der Waals surface area contributed by atoms with Crippen molar-refractivity contribution in [2.24, 2.45) is 0 Å². The Morgan fingerprint density at radius 1 is 0.846 bits per heavy atom. The third kappa shape index (κ3) is 3.44. The number of phenolic OH excluding ortho intramolecular Hbond substituents is 2. The second-order valence-corrected chi connectivity index (χ2v) is 6.97. The molecule has 0 saturated heterocycles. The highest BCUT2D eigenvalue weighted by Gasteiger charge is 2.26. The number of rotatable bonds is 3. The predicted octanol–water partition coefficient (Wildman–Crippen LogP) is 4.29. The van der Waals surface area contributed by atoms with Crippen molar-refractivity contribution in [3.8, 4) is 11.5 Å². The Bertz CT molecular complexity index is 877. The zero-order chi connectivity index (χ0) is 17.9. The molecule has 0 spiro atoms. The molecule has 2 N–H and O–H groups in total. The molecule has 0 aliphatic carbocycles. The zero-order valence-corrected chi connectivity index (χ0v) is 14.7. The van der Waals surface area contributed by atoms with E-state index in [1.807, 2.05) is 12.1 Å². The molecule has 1 unspecified atom stereocenters. The summed E-state index contributed by atoms with van der Waals surface area (Å²) in [6.45, 7) is 2.71. The second-order valence-electron chi connectivity index (χ2n) is 6.97. The monoisotopic (exact) mass is 345 g/mol. The molecule has 1 aliphatic heterocycles. The summed E-state index contributed by atoms with van der Waals surface area (Å²) in [6, 6.07) is 24.4. The SMILES string of the molecule is Oc1cc2c(cc1O)C(c1ccccc1)CN(Cc1ccccc1)CC2. The van der Waals surface area contributed by atoms with Gasteiger partial charge in [0.05, 0.1) is 0 Å². The molecule has 0 amide bonds. The second kappa shape index (κ2) is 7.22. The van der Waals surface area contributed by atoms with E-state index in [-0.39, 0.29) is 17.4 Å². The lowest BCUT2D eigenvalue weighted by atomic mass is 9.87. The lowest BCUT2D eigenvalue weighted by Crippen LogP contribution is -2.28. The maximum absolute atomic E-state index is 10.1. The Balaban J connectivity index is 1.71. The van der Waals surface area contributed by atoms with Crippen molar-refractivity contribution in [3.63, 3.8) is 0 Å². The Kier molecular flexibility index (Phi) is 4.63. The smallest absolute Gasteiger partial charge is 0.157 e. The molecule has 0 radical (unpaired) electrons. The summed E-state index contributed by atoms with van der Waals surface area (Å²) >= 11 is 0. The molecule has 3 heteroatoms. The van der Waals surface area contributed by atoms with E-state index in [1.54, 1.807) is 12.1 Å². The van der Waals surface area contributed by atoms with Crippen LogP contribution in [0.15, 0.2) is 72.8 Å². The number of hydrogen-bond donors (Lipinski definition) is 2. The van der Waals surface area contributed by atoms with E-state index in [9.17, 15) is 10.2 Å². The fourth-order valence-corrected chi connectivity index (χ4v) is 3.86. The largest absolute Gasteiger partial charge is 0.504 e. The molecular weight excluding hydrogens is 322 g/mol. The van der Waals surface area contributed by atoms with E-state index in [2.05, 4.69) is 53.4 Å². The predicted molar refractivity (Wildman–Crippen MR) is 103 cm³/mol. The van der Waals surface area contributed by atoms with Crippen molar-refractivity contribution < 1.29 is 10.2 Å². The van der Waals surface area contributed by atoms with Gasteiger partial charge in [-0.2, -0.15) is 0 Å². The summed E-state index contributed by atoms with van der Waals surface area (Å²) < 4.78 is 0. The molecule has 3 nitrogen and oxygen atoms in total. The molecule has 4 rings (SSSR count). The van der Waals surface area contributed by atoms with Crippen molar-refractivity contribution in [2.45, 2.75) is 18.9 Å². The van der Waals surface area contributed by atoms with Crippen LogP contribution in [0.3, 0.4) is 0 Å². The van der Waals surface area contributed by atoms with Gasteiger partial charge >= 0.3 is 0 Å². The maximum atomic E-state index is 10.1. The van der Waals surface area contributed by atoms with Gasteiger partial charge in [-0.25, -0.2) is 0 Å². The van der Waals surface area contributed by atoms with Gasteiger partial charge in [-0.1, -0.05) is 60.7 Å². The number of hydrogen-bond acceptors (Lipinski definition) is 3. The highest BCUT2D eigenvalue weighted by Crippen LogP contribution is 2.37. The van der Waals surface area contributed by atoms with Gasteiger partial charge in [0, 0.05) is 25.6 Å². The summed E-state index contributed by atoms with van der Waals surface area (Å²) in [5.41, 5.74) is 4.77. The highest BCUT2D eigenvalue weighted by molar-refractivity contribution is 5.50. The fraction of sp³-hybridized carbons (Fsp3) is 0.217. The standard InChI is InChI=1S/C23H23NO2/c25-22-13-19-11-12-24(15-17-7-3-1-4-8-17)16-21(20(19)14-23(22)26)18-9-5-2-6-10-18/h1-10,13-14,21,25-26H,11-12,15-16H2. The van der Waals surface area contributed by atoms with Gasteiger partial charge in [-0.3, -0.25) is 4.90 Å². The molecule has 132 valence electrons. The lowest BCUT2D eigenvalue weighted by Gasteiger charge is -2.25. The van der Waals surface area contributed by atoms with Crippen LogP contribution in [-0.2, 0) is 13.0 Å². The molecule has 1 atom stereocenters. The molecule has 3 aromatic carbocycles. The third-order valence-corrected chi connectivity index (χ3v) is 5.20. The van der Waals surface area contributed by atoms with Crippen molar-refractivity contribution in [1.82, 2.24) is 4.90 Å². The quantitative estimate of drug-likeness (QED) is 0.696. The maximum Gasteiger partial charge on any atom is 0.157 e. The molecule has 0 aromatic heterocycles. The van der Waals surface area contributed by atoms with E-state index in [0.29, 0.717) is 0 Å². The van der Waals surface area contributed by atoms with Gasteiger partial charge < -0.3 is 10.2 Å².